The summed E-state index contributed by atoms with van der Waals surface area (Å²) in [4.78, 5) is 14.2. The van der Waals surface area contributed by atoms with Crippen molar-refractivity contribution in [1.82, 2.24) is 20.0 Å². The van der Waals surface area contributed by atoms with Crippen molar-refractivity contribution < 1.29 is 4.79 Å². The number of aryl methyl sites for hydroxylation is 1. The molecule has 0 aromatic carbocycles. The van der Waals surface area contributed by atoms with Gasteiger partial charge in [0, 0.05) is 44.5 Å². The van der Waals surface area contributed by atoms with Crippen molar-refractivity contribution in [3.8, 4) is 0 Å². The molecule has 1 amide bonds. The molecule has 5 heteroatoms. The lowest BCUT2D eigenvalue weighted by Gasteiger charge is -2.32. The van der Waals surface area contributed by atoms with Gasteiger partial charge in [-0.25, -0.2) is 0 Å². The monoisotopic (exact) mass is 276 g/mol. The van der Waals surface area contributed by atoms with E-state index in [9.17, 15) is 4.79 Å². The third-order valence-corrected chi connectivity index (χ3v) is 4.35. The maximum absolute atomic E-state index is 12.1. The highest BCUT2D eigenvalue weighted by molar-refractivity contribution is 5.76. The van der Waals surface area contributed by atoms with Crippen LogP contribution >= 0.6 is 0 Å². The Morgan fingerprint density at radius 3 is 2.70 bits per heavy atom. The van der Waals surface area contributed by atoms with Crippen LogP contribution in [0.4, 0.5) is 0 Å². The topological polar surface area (TPSA) is 50.2 Å². The molecule has 1 aromatic heterocycles. The number of carbonyl (C=O) groups is 1. The molecular formula is C15H24N4O. The van der Waals surface area contributed by atoms with E-state index in [1.165, 1.54) is 19.4 Å². The largest absolute Gasteiger partial charge is 0.343 e. The molecule has 5 nitrogen and oxygen atoms in total. The van der Waals surface area contributed by atoms with Crippen molar-refractivity contribution in [2.45, 2.75) is 44.7 Å². The number of likely N-dealkylation sites (tertiary alicyclic amines) is 1. The average Bonchev–Trinajstić information content (AvgIpc) is 3.17. The number of piperidine rings is 1. The first-order chi connectivity index (χ1) is 9.81. The summed E-state index contributed by atoms with van der Waals surface area (Å²) in [6.45, 7) is 3.67. The highest BCUT2D eigenvalue weighted by atomic mass is 16.2. The quantitative estimate of drug-likeness (QED) is 0.851. The van der Waals surface area contributed by atoms with Crippen LogP contribution in [0.25, 0.3) is 0 Å². The normalized spacial score (nSPS) is 20.3. The second kappa shape index (κ2) is 6.39. The third kappa shape index (κ3) is 3.82. The molecule has 1 saturated carbocycles. The average molecular weight is 276 g/mol. The van der Waals surface area contributed by atoms with Gasteiger partial charge in [-0.3, -0.25) is 9.48 Å². The molecule has 0 atom stereocenters. The van der Waals surface area contributed by atoms with Gasteiger partial charge in [0.1, 0.15) is 0 Å². The first-order valence-corrected chi connectivity index (χ1v) is 7.80. The van der Waals surface area contributed by atoms with Gasteiger partial charge in [-0.15, -0.1) is 0 Å². The van der Waals surface area contributed by atoms with Gasteiger partial charge < -0.3 is 10.2 Å². The van der Waals surface area contributed by atoms with Crippen LogP contribution in [-0.4, -0.2) is 46.3 Å². The van der Waals surface area contributed by atoms with Crippen LogP contribution in [-0.2, 0) is 11.3 Å². The fourth-order valence-electron chi connectivity index (χ4n) is 2.79. The molecule has 0 spiro atoms. The van der Waals surface area contributed by atoms with Crippen LogP contribution in [0.1, 0.15) is 32.1 Å². The Hall–Kier alpha value is -1.36. The molecule has 1 aliphatic heterocycles. The van der Waals surface area contributed by atoms with E-state index >= 15 is 0 Å². The molecule has 3 rings (SSSR count). The van der Waals surface area contributed by atoms with Crippen LogP contribution in [0.15, 0.2) is 18.5 Å². The Balaban J connectivity index is 1.35. The Kier molecular flexibility index (Phi) is 4.35. The number of carbonyl (C=O) groups excluding carboxylic acids is 1. The van der Waals surface area contributed by atoms with E-state index in [2.05, 4.69) is 10.4 Å². The van der Waals surface area contributed by atoms with Gasteiger partial charge in [0.25, 0.3) is 0 Å². The summed E-state index contributed by atoms with van der Waals surface area (Å²) < 4.78 is 1.82. The fraction of sp³-hybridized carbons (Fsp3) is 0.733. The van der Waals surface area contributed by atoms with Crippen LogP contribution in [0, 0.1) is 5.92 Å². The summed E-state index contributed by atoms with van der Waals surface area (Å²) in [7, 11) is 0. The molecule has 2 fully saturated rings. The highest BCUT2D eigenvalue weighted by Crippen LogP contribution is 2.28. The molecule has 2 aliphatic rings. The van der Waals surface area contributed by atoms with E-state index in [-0.39, 0.29) is 5.91 Å². The number of aromatic nitrogens is 2. The number of hydrogen-bond acceptors (Lipinski definition) is 3. The third-order valence-electron chi connectivity index (χ3n) is 4.35. The highest BCUT2D eigenvalue weighted by Gasteiger charge is 2.25. The maximum Gasteiger partial charge on any atom is 0.224 e. The molecule has 1 N–H and O–H groups in total. The first kappa shape index (κ1) is 13.6. The molecule has 0 radical (unpaired) electrons. The molecule has 0 unspecified atom stereocenters. The zero-order valence-corrected chi connectivity index (χ0v) is 12.0. The van der Waals surface area contributed by atoms with Gasteiger partial charge in [0.05, 0.1) is 0 Å². The summed E-state index contributed by atoms with van der Waals surface area (Å²) >= 11 is 0. The maximum atomic E-state index is 12.1. The number of nitrogens with one attached hydrogen (secondary N) is 1. The molecule has 1 aromatic rings. The molecule has 20 heavy (non-hydrogen) atoms. The van der Waals surface area contributed by atoms with Gasteiger partial charge in [0.15, 0.2) is 0 Å². The summed E-state index contributed by atoms with van der Waals surface area (Å²) in [6.07, 6.45) is 9.21. The number of nitrogens with zero attached hydrogens (tertiary/aromatic N) is 3. The summed E-state index contributed by atoms with van der Waals surface area (Å²) in [5, 5.41) is 7.77. The van der Waals surface area contributed by atoms with Gasteiger partial charge in [-0.2, -0.15) is 5.10 Å². The van der Waals surface area contributed by atoms with Crippen molar-refractivity contribution >= 4 is 5.91 Å². The lowest BCUT2D eigenvalue weighted by Crippen LogP contribution is -2.45. The van der Waals surface area contributed by atoms with E-state index < -0.39 is 0 Å². The van der Waals surface area contributed by atoms with Crippen LogP contribution in [0.2, 0.25) is 0 Å². The van der Waals surface area contributed by atoms with E-state index in [4.69, 9.17) is 0 Å². The van der Waals surface area contributed by atoms with Crippen LogP contribution < -0.4 is 5.32 Å². The second-order valence-corrected chi connectivity index (χ2v) is 6.03. The van der Waals surface area contributed by atoms with Crippen molar-refractivity contribution in [1.29, 1.82) is 0 Å². The van der Waals surface area contributed by atoms with E-state index in [0.717, 1.165) is 31.8 Å². The van der Waals surface area contributed by atoms with E-state index in [1.807, 2.05) is 21.8 Å². The van der Waals surface area contributed by atoms with E-state index in [0.29, 0.717) is 19.0 Å². The lowest BCUT2D eigenvalue weighted by molar-refractivity contribution is -0.132. The lowest BCUT2D eigenvalue weighted by atomic mass is 10.0. The Morgan fingerprint density at radius 1 is 1.25 bits per heavy atom. The summed E-state index contributed by atoms with van der Waals surface area (Å²) in [6, 6.07) is 2.51. The minimum Gasteiger partial charge on any atom is -0.343 e. The zero-order valence-electron chi connectivity index (χ0n) is 12.0. The summed E-state index contributed by atoms with van der Waals surface area (Å²) in [5.41, 5.74) is 0. The van der Waals surface area contributed by atoms with E-state index in [1.54, 1.807) is 6.20 Å². The minimum absolute atomic E-state index is 0.265. The minimum atomic E-state index is 0.265. The molecule has 1 aliphatic carbocycles. The standard InChI is InChI=1S/C15H24N4O/c20-15(6-11-19-8-1-7-17-19)18-9-4-14(5-10-18)16-12-13-2-3-13/h1,7-8,13-14,16H,2-6,9-12H2. The predicted molar refractivity (Wildman–Crippen MR) is 77.2 cm³/mol. The Bertz CT molecular complexity index is 419. The molecule has 2 heterocycles. The Labute approximate surface area is 120 Å². The molecular weight excluding hydrogens is 252 g/mol. The molecule has 0 bridgehead atoms. The first-order valence-electron chi connectivity index (χ1n) is 7.80. The predicted octanol–water partition coefficient (Wildman–Crippen LogP) is 1.26. The smallest absolute Gasteiger partial charge is 0.224 e. The van der Waals surface area contributed by atoms with Crippen molar-refractivity contribution in [2.75, 3.05) is 19.6 Å². The van der Waals surface area contributed by atoms with Crippen LogP contribution in [0.3, 0.4) is 0 Å². The van der Waals surface area contributed by atoms with Gasteiger partial charge in [0.2, 0.25) is 5.91 Å². The van der Waals surface area contributed by atoms with Gasteiger partial charge >= 0.3 is 0 Å². The molecule has 1 saturated heterocycles. The van der Waals surface area contributed by atoms with Crippen LogP contribution in [0.5, 0.6) is 0 Å². The SMILES string of the molecule is O=C(CCn1cccn1)N1CCC(NCC2CC2)CC1. The Morgan fingerprint density at radius 2 is 2.05 bits per heavy atom. The van der Waals surface area contributed by atoms with Crippen molar-refractivity contribution in [3.63, 3.8) is 0 Å². The fourth-order valence-corrected chi connectivity index (χ4v) is 2.79. The number of hydrogen-bond donors (Lipinski definition) is 1. The zero-order chi connectivity index (χ0) is 13.8. The summed E-state index contributed by atoms with van der Waals surface area (Å²) in [5.74, 6) is 1.20. The van der Waals surface area contributed by atoms with Crippen molar-refractivity contribution in [2.24, 2.45) is 5.92 Å². The van der Waals surface area contributed by atoms with Crippen molar-refractivity contribution in [3.05, 3.63) is 18.5 Å². The molecule has 110 valence electrons. The van der Waals surface area contributed by atoms with Gasteiger partial charge in [-0.05, 0) is 44.2 Å². The number of amides is 1. The second-order valence-electron chi connectivity index (χ2n) is 6.03. The van der Waals surface area contributed by atoms with Gasteiger partial charge in [-0.1, -0.05) is 0 Å². The number of rotatable bonds is 6.